The van der Waals surface area contributed by atoms with Crippen molar-refractivity contribution in [2.45, 2.75) is 26.7 Å². The number of carbonyl (C=O) groups is 2. The summed E-state index contributed by atoms with van der Waals surface area (Å²) in [7, 11) is 0. The number of likely N-dealkylation sites (tertiary alicyclic amines) is 1. The van der Waals surface area contributed by atoms with Crippen LogP contribution in [0, 0.1) is 19.8 Å². The molecule has 5 nitrogen and oxygen atoms in total. The predicted molar refractivity (Wildman–Crippen MR) is 84.6 cm³/mol. The monoisotopic (exact) mass is 354 g/mol. The van der Waals surface area contributed by atoms with Gasteiger partial charge < -0.3 is 15.3 Å². The molecule has 6 heteroatoms. The number of hydrogen-bond donors (Lipinski definition) is 2. The van der Waals surface area contributed by atoms with Gasteiger partial charge in [0.15, 0.2) is 0 Å². The lowest BCUT2D eigenvalue weighted by atomic mass is 9.99. The molecule has 1 atom stereocenters. The molecule has 1 aliphatic heterocycles. The summed E-state index contributed by atoms with van der Waals surface area (Å²) < 4.78 is 0.833. The molecule has 114 valence electrons. The summed E-state index contributed by atoms with van der Waals surface area (Å²) >= 11 is 3.46. The summed E-state index contributed by atoms with van der Waals surface area (Å²) in [6, 6.07) is 3.70. The molecule has 1 aromatic carbocycles. The normalized spacial score (nSPS) is 18.4. The van der Waals surface area contributed by atoms with E-state index in [1.165, 1.54) is 0 Å². The number of aryl methyl sites for hydroxylation is 2. The number of amides is 2. The number of rotatable bonds is 2. The number of carboxylic acid groups (broad SMARTS) is 1. The number of benzene rings is 1. The Balaban J connectivity index is 2.10. The first-order valence-electron chi connectivity index (χ1n) is 6.94. The van der Waals surface area contributed by atoms with Crippen molar-refractivity contribution in [3.63, 3.8) is 0 Å². The summed E-state index contributed by atoms with van der Waals surface area (Å²) in [5.74, 6) is -1.30. The van der Waals surface area contributed by atoms with Crippen molar-refractivity contribution in [1.29, 1.82) is 0 Å². The molecule has 0 radical (unpaired) electrons. The molecule has 1 heterocycles. The molecule has 0 saturated carbocycles. The number of nitrogens with zero attached hydrogens (tertiary/aromatic N) is 1. The van der Waals surface area contributed by atoms with Gasteiger partial charge in [0.1, 0.15) is 0 Å². The van der Waals surface area contributed by atoms with Crippen LogP contribution < -0.4 is 5.32 Å². The number of piperidine rings is 1. The topological polar surface area (TPSA) is 69.6 Å². The van der Waals surface area contributed by atoms with Crippen LogP contribution in [0.3, 0.4) is 0 Å². The zero-order chi connectivity index (χ0) is 15.6. The average molecular weight is 355 g/mol. The third-order valence-electron chi connectivity index (χ3n) is 3.72. The van der Waals surface area contributed by atoms with Gasteiger partial charge >= 0.3 is 12.0 Å². The summed E-state index contributed by atoms with van der Waals surface area (Å²) in [6.45, 7) is 4.79. The zero-order valence-electron chi connectivity index (χ0n) is 12.1. The fraction of sp³-hybridized carbons (Fsp3) is 0.467. The van der Waals surface area contributed by atoms with E-state index < -0.39 is 11.9 Å². The number of carbonyl (C=O) groups excluding carboxylic acids is 1. The lowest BCUT2D eigenvalue weighted by Crippen LogP contribution is -2.44. The molecule has 0 unspecified atom stereocenters. The maximum atomic E-state index is 12.3. The molecule has 1 saturated heterocycles. The maximum absolute atomic E-state index is 12.3. The van der Waals surface area contributed by atoms with Gasteiger partial charge in [-0.25, -0.2) is 4.79 Å². The second kappa shape index (κ2) is 6.47. The predicted octanol–water partition coefficient (Wildman–Crippen LogP) is 3.39. The number of anilines is 1. The van der Waals surface area contributed by atoms with Crippen LogP contribution in [-0.4, -0.2) is 35.1 Å². The van der Waals surface area contributed by atoms with E-state index in [1.807, 2.05) is 26.0 Å². The maximum Gasteiger partial charge on any atom is 0.321 e. The lowest BCUT2D eigenvalue weighted by Gasteiger charge is -2.31. The van der Waals surface area contributed by atoms with E-state index in [2.05, 4.69) is 21.2 Å². The van der Waals surface area contributed by atoms with E-state index in [1.54, 1.807) is 4.90 Å². The van der Waals surface area contributed by atoms with E-state index in [4.69, 9.17) is 5.11 Å². The van der Waals surface area contributed by atoms with Crippen molar-refractivity contribution >= 4 is 33.6 Å². The van der Waals surface area contributed by atoms with Crippen molar-refractivity contribution < 1.29 is 14.7 Å². The van der Waals surface area contributed by atoms with Crippen molar-refractivity contribution in [1.82, 2.24) is 4.90 Å². The van der Waals surface area contributed by atoms with E-state index in [0.717, 1.165) is 27.7 Å². The van der Waals surface area contributed by atoms with E-state index in [-0.39, 0.29) is 12.6 Å². The van der Waals surface area contributed by atoms with Crippen molar-refractivity contribution in [3.05, 3.63) is 27.7 Å². The van der Waals surface area contributed by atoms with Gasteiger partial charge in [-0.15, -0.1) is 0 Å². The van der Waals surface area contributed by atoms with E-state index in [9.17, 15) is 9.59 Å². The molecule has 21 heavy (non-hydrogen) atoms. The number of aliphatic carboxylic acids is 1. The summed E-state index contributed by atoms with van der Waals surface area (Å²) in [6.07, 6.45) is 1.35. The number of hydrogen-bond acceptors (Lipinski definition) is 2. The first-order valence-corrected chi connectivity index (χ1v) is 7.73. The Hall–Kier alpha value is -1.56. The van der Waals surface area contributed by atoms with Gasteiger partial charge in [-0.1, -0.05) is 6.07 Å². The van der Waals surface area contributed by atoms with Crippen LogP contribution in [0.2, 0.25) is 0 Å². The van der Waals surface area contributed by atoms with Crippen molar-refractivity contribution in [2.24, 2.45) is 5.92 Å². The Labute approximate surface area is 132 Å². The van der Waals surface area contributed by atoms with Gasteiger partial charge in [-0.3, -0.25) is 4.79 Å². The number of urea groups is 1. The van der Waals surface area contributed by atoms with Crippen LogP contribution in [0.4, 0.5) is 10.5 Å². The average Bonchev–Trinajstić information content (AvgIpc) is 2.42. The fourth-order valence-corrected chi connectivity index (χ4v) is 3.40. The highest BCUT2D eigenvalue weighted by atomic mass is 79.9. The van der Waals surface area contributed by atoms with E-state index in [0.29, 0.717) is 13.0 Å². The van der Waals surface area contributed by atoms with Gasteiger partial charge in [-0.2, -0.15) is 0 Å². The Kier molecular flexibility index (Phi) is 4.88. The molecule has 0 aromatic heterocycles. The molecule has 0 aliphatic carbocycles. The number of halogens is 1. The van der Waals surface area contributed by atoms with Crippen molar-refractivity contribution in [3.8, 4) is 0 Å². The van der Waals surface area contributed by atoms with Crippen LogP contribution in [0.15, 0.2) is 16.6 Å². The molecule has 2 N–H and O–H groups in total. The second-order valence-corrected chi connectivity index (χ2v) is 6.35. The molecular formula is C15H19BrN2O3. The fourth-order valence-electron chi connectivity index (χ4n) is 2.62. The highest BCUT2D eigenvalue weighted by Crippen LogP contribution is 2.28. The Morgan fingerprint density at radius 1 is 1.38 bits per heavy atom. The standard InChI is InChI=1S/C15H19BrN2O3/c1-9-6-10(2)13(12(16)7-9)17-15(21)18-5-3-4-11(8-18)14(19)20/h6-7,11H,3-5,8H2,1-2H3,(H,17,21)(H,19,20)/t11-/m0/s1. The summed E-state index contributed by atoms with van der Waals surface area (Å²) in [4.78, 5) is 25.0. The number of carboxylic acids is 1. The SMILES string of the molecule is Cc1cc(C)c(NC(=O)N2CCC[C@H](C(=O)O)C2)c(Br)c1. The first-order chi connectivity index (χ1) is 9.88. The van der Waals surface area contributed by atoms with Crippen LogP contribution in [0.5, 0.6) is 0 Å². The Morgan fingerprint density at radius 3 is 2.71 bits per heavy atom. The highest BCUT2D eigenvalue weighted by molar-refractivity contribution is 9.10. The van der Waals surface area contributed by atoms with E-state index >= 15 is 0 Å². The van der Waals surface area contributed by atoms with Gasteiger partial charge in [-0.05, 0) is 59.8 Å². The summed E-state index contributed by atoms with van der Waals surface area (Å²) in [5.41, 5.74) is 2.83. The first kappa shape index (κ1) is 15.8. The minimum atomic E-state index is -0.833. The lowest BCUT2D eigenvalue weighted by molar-refractivity contribution is -0.143. The molecule has 0 bridgehead atoms. The van der Waals surface area contributed by atoms with Gasteiger partial charge in [0.25, 0.3) is 0 Å². The Bertz CT molecular complexity index is 551. The molecule has 1 aromatic rings. The number of nitrogens with one attached hydrogen (secondary N) is 1. The molecule has 0 spiro atoms. The highest BCUT2D eigenvalue weighted by Gasteiger charge is 2.28. The van der Waals surface area contributed by atoms with Gasteiger partial charge in [0.2, 0.25) is 0 Å². The quantitative estimate of drug-likeness (QED) is 0.854. The minimum absolute atomic E-state index is 0.242. The zero-order valence-corrected chi connectivity index (χ0v) is 13.7. The molecular weight excluding hydrogens is 336 g/mol. The van der Waals surface area contributed by atoms with Crippen LogP contribution in [-0.2, 0) is 4.79 Å². The minimum Gasteiger partial charge on any atom is -0.481 e. The molecule has 2 rings (SSSR count). The summed E-state index contributed by atoms with van der Waals surface area (Å²) in [5, 5.41) is 12.0. The van der Waals surface area contributed by atoms with Crippen LogP contribution in [0.25, 0.3) is 0 Å². The molecule has 1 fully saturated rings. The second-order valence-electron chi connectivity index (χ2n) is 5.49. The van der Waals surface area contributed by atoms with Gasteiger partial charge in [0.05, 0.1) is 11.6 Å². The van der Waals surface area contributed by atoms with Crippen LogP contribution in [0.1, 0.15) is 24.0 Å². The van der Waals surface area contributed by atoms with Gasteiger partial charge in [0, 0.05) is 17.6 Å². The third-order valence-corrected chi connectivity index (χ3v) is 4.35. The smallest absolute Gasteiger partial charge is 0.321 e. The van der Waals surface area contributed by atoms with Crippen LogP contribution >= 0.6 is 15.9 Å². The molecule has 1 aliphatic rings. The van der Waals surface area contributed by atoms with Crippen molar-refractivity contribution in [2.75, 3.05) is 18.4 Å². The third kappa shape index (κ3) is 3.75. The Morgan fingerprint density at radius 2 is 2.10 bits per heavy atom. The largest absolute Gasteiger partial charge is 0.481 e. The molecule has 2 amide bonds.